The maximum atomic E-state index is 8.60. The van der Waals surface area contributed by atoms with Gasteiger partial charge >= 0.3 is 0 Å². The molecule has 0 saturated heterocycles. The molecule has 2 heterocycles. The molecule has 0 amide bonds. The van der Waals surface area contributed by atoms with Crippen LogP contribution in [0.3, 0.4) is 0 Å². The van der Waals surface area contributed by atoms with E-state index in [-0.39, 0.29) is 0 Å². The lowest BCUT2D eigenvalue weighted by Crippen LogP contribution is -1.72. The highest BCUT2D eigenvalue weighted by molar-refractivity contribution is 9.10. The Kier molecular flexibility index (Phi) is 2.44. The number of thiophene rings is 1. The molecule has 13 heavy (non-hydrogen) atoms. The predicted molar refractivity (Wildman–Crippen MR) is 57.8 cm³/mol. The minimum atomic E-state index is 0.513. The van der Waals surface area contributed by atoms with E-state index in [0.717, 1.165) is 15.0 Å². The maximum absolute atomic E-state index is 8.60. The number of nitriles is 1. The third kappa shape index (κ3) is 1.80. The summed E-state index contributed by atoms with van der Waals surface area (Å²) in [6.07, 6.45) is 0. The number of nitrogens with zero attached hydrogens (tertiary/aromatic N) is 2. The first-order chi connectivity index (χ1) is 6.29. The Bertz CT molecular complexity index is 466. The van der Waals surface area contributed by atoms with Gasteiger partial charge in [-0.3, -0.25) is 0 Å². The van der Waals surface area contributed by atoms with Gasteiger partial charge in [0.2, 0.25) is 0 Å². The van der Waals surface area contributed by atoms with Gasteiger partial charge in [-0.05, 0) is 22.0 Å². The van der Waals surface area contributed by atoms with Gasteiger partial charge in [-0.2, -0.15) is 5.26 Å². The highest BCUT2D eigenvalue weighted by Crippen LogP contribution is 2.30. The topological polar surface area (TPSA) is 36.7 Å². The lowest BCUT2D eigenvalue weighted by Gasteiger charge is -1.84. The Morgan fingerprint density at radius 2 is 2.23 bits per heavy atom. The van der Waals surface area contributed by atoms with Gasteiger partial charge in [0.1, 0.15) is 6.07 Å². The monoisotopic (exact) mass is 270 g/mol. The summed E-state index contributed by atoms with van der Waals surface area (Å²) in [4.78, 5) is 5.25. The second-order valence-corrected chi connectivity index (χ2v) is 4.96. The first-order valence-electron chi connectivity index (χ1n) is 3.39. The Balaban J connectivity index is 2.42. The van der Waals surface area contributed by atoms with Crippen LogP contribution in [0, 0.1) is 11.3 Å². The lowest BCUT2D eigenvalue weighted by molar-refractivity contribution is 1.36. The van der Waals surface area contributed by atoms with Crippen molar-refractivity contribution in [1.82, 2.24) is 4.98 Å². The zero-order valence-corrected chi connectivity index (χ0v) is 9.54. The standard InChI is InChI=1S/C8H3BrN2S2/c9-5-1-7(12-3-5)6-4-13-8(2-10)11-6/h1,3-4H. The Labute approximate surface area is 91.6 Å². The quantitative estimate of drug-likeness (QED) is 0.795. The van der Waals surface area contributed by atoms with Gasteiger partial charge < -0.3 is 0 Å². The first-order valence-corrected chi connectivity index (χ1v) is 5.95. The molecule has 2 aromatic rings. The molecule has 2 nitrogen and oxygen atoms in total. The number of thiazole rings is 1. The summed E-state index contributed by atoms with van der Waals surface area (Å²) >= 11 is 6.36. The third-order valence-electron chi connectivity index (χ3n) is 1.42. The molecule has 5 heteroatoms. The van der Waals surface area contributed by atoms with E-state index in [0.29, 0.717) is 5.01 Å². The number of rotatable bonds is 1. The summed E-state index contributed by atoms with van der Waals surface area (Å²) in [7, 11) is 0. The van der Waals surface area contributed by atoms with Crippen LogP contribution in [-0.4, -0.2) is 4.98 Å². The summed E-state index contributed by atoms with van der Waals surface area (Å²) in [5.41, 5.74) is 0.886. The van der Waals surface area contributed by atoms with Crippen LogP contribution in [0.2, 0.25) is 0 Å². The fraction of sp³-hybridized carbons (Fsp3) is 0. The van der Waals surface area contributed by atoms with E-state index in [1.54, 1.807) is 11.3 Å². The van der Waals surface area contributed by atoms with Crippen molar-refractivity contribution in [3.05, 3.63) is 26.3 Å². The molecule has 0 aromatic carbocycles. The van der Waals surface area contributed by atoms with Crippen molar-refractivity contribution in [3.63, 3.8) is 0 Å². The second kappa shape index (κ2) is 3.58. The maximum Gasteiger partial charge on any atom is 0.194 e. The Morgan fingerprint density at radius 3 is 2.77 bits per heavy atom. The summed E-state index contributed by atoms with van der Waals surface area (Å²) in [5.74, 6) is 0. The lowest BCUT2D eigenvalue weighted by atomic mass is 10.4. The number of hydrogen-bond acceptors (Lipinski definition) is 4. The average molecular weight is 271 g/mol. The van der Waals surface area contributed by atoms with E-state index in [4.69, 9.17) is 5.26 Å². The van der Waals surface area contributed by atoms with E-state index in [9.17, 15) is 0 Å². The van der Waals surface area contributed by atoms with Crippen molar-refractivity contribution in [1.29, 1.82) is 5.26 Å². The molecule has 0 atom stereocenters. The summed E-state index contributed by atoms with van der Waals surface area (Å²) < 4.78 is 1.05. The summed E-state index contributed by atoms with van der Waals surface area (Å²) in [6, 6.07) is 4.03. The van der Waals surface area contributed by atoms with Crippen LogP contribution < -0.4 is 0 Å². The molecule has 0 spiro atoms. The van der Waals surface area contributed by atoms with Gasteiger partial charge in [-0.15, -0.1) is 22.7 Å². The van der Waals surface area contributed by atoms with Crippen molar-refractivity contribution in [2.75, 3.05) is 0 Å². The number of aromatic nitrogens is 1. The van der Waals surface area contributed by atoms with Gasteiger partial charge in [0.25, 0.3) is 0 Å². The molecular weight excluding hydrogens is 268 g/mol. The molecule has 64 valence electrons. The highest BCUT2D eigenvalue weighted by Gasteiger charge is 2.05. The fourth-order valence-corrected chi connectivity index (χ4v) is 2.96. The highest BCUT2D eigenvalue weighted by atomic mass is 79.9. The molecule has 0 fully saturated rings. The average Bonchev–Trinajstić information content (AvgIpc) is 2.71. The van der Waals surface area contributed by atoms with Crippen LogP contribution in [0.25, 0.3) is 10.6 Å². The summed E-state index contributed by atoms with van der Waals surface area (Å²) in [5, 5.41) is 13.0. The molecule has 0 radical (unpaired) electrons. The smallest absolute Gasteiger partial charge is 0.194 e. The Morgan fingerprint density at radius 1 is 1.38 bits per heavy atom. The molecule has 0 N–H and O–H groups in total. The molecule has 0 unspecified atom stereocenters. The van der Waals surface area contributed by atoms with Crippen LogP contribution >= 0.6 is 38.6 Å². The van der Waals surface area contributed by atoms with E-state index in [1.165, 1.54) is 11.3 Å². The molecular formula is C8H3BrN2S2. The van der Waals surface area contributed by atoms with Crippen molar-refractivity contribution < 1.29 is 0 Å². The minimum absolute atomic E-state index is 0.513. The molecule has 2 rings (SSSR count). The van der Waals surface area contributed by atoms with Crippen molar-refractivity contribution in [2.24, 2.45) is 0 Å². The molecule has 0 bridgehead atoms. The van der Waals surface area contributed by atoms with Crippen LogP contribution in [0.5, 0.6) is 0 Å². The van der Waals surface area contributed by atoms with E-state index in [2.05, 4.69) is 20.9 Å². The second-order valence-electron chi connectivity index (χ2n) is 2.28. The predicted octanol–water partition coefficient (Wildman–Crippen LogP) is 3.51. The van der Waals surface area contributed by atoms with Crippen LogP contribution in [0.4, 0.5) is 0 Å². The normalized spacial score (nSPS) is 9.85. The van der Waals surface area contributed by atoms with E-state index < -0.39 is 0 Å². The molecule has 0 aliphatic carbocycles. The molecule has 2 aromatic heterocycles. The SMILES string of the molecule is N#Cc1nc(-c2cc(Br)cs2)cs1. The van der Waals surface area contributed by atoms with Gasteiger partial charge in [0.05, 0.1) is 10.6 Å². The molecule has 0 aliphatic heterocycles. The van der Waals surface area contributed by atoms with Crippen LogP contribution in [-0.2, 0) is 0 Å². The minimum Gasteiger partial charge on any atom is -0.225 e. The van der Waals surface area contributed by atoms with Crippen molar-refractivity contribution in [3.8, 4) is 16.6 Å². The largest absolute Gasteiger partial charge is 0.225 e. The molecule has 0 aliphatic rings. The Hall–Kier alpha value is -0.700. The summed E-state index contributed by atoms with van der Waals surface area (Å²) in [6.45, 7) is 0. The first kappa shape index (κ1) is 8.88. The number of halogens is 1. The fourth-order valence-electron chi connectivity index (χ4n) is 0.886. The van der Waals surface area contributed by atoms with Gasteiger partial charge in [0.15, 0.2) is 5.01 Å². The van der Waals surface area contributed by atoms with Crippen molar-refractivity contribution in [2.45, 2.75) is 0 Å². The zero-order valence-electron chi connectivity index (χ0n) is 6.32. The third-order valence-corrected chi connectivity index (χ3v) is 3.88. The van der Waals surface area contributed by atoms with E-state index >= 15 is 0 Å². The zero-order chi connectivity index (χ0) is 9.26. The number of hydrogen-bond donors (Lipinski definition) is 0. The van der Waals surface area contributed by atoms with Crippen molar-refractivity contribution >= 4 is 38.6 Å². The molecule has 0 saturated carbocycles. The van der Waals surface area contributed by atoms with Gasteiger partial charge in [-0.1, -0.05) is 0 Å². The van der Waals surface area contributed by atoms with Crippen LogP contribution in [0.15, 0.2) is 21.3 Å². The van der Waals surface area contributed by atoms with Crippen LogP contribution in [0.1, 0.15) is 5.01 Å². The van der Waals surface area contributed by atoms with E-state index in [1.807, 2.05) is 22.9 Å². The van der Waals surface area contributed by atoms with Gasteiger partial charge in [0, 0.05) is 15.2 Å². The van der Waals surface area contributed by atoms with Gasteiger partial charge in [-0.25, -0.2) is 4.98 Å².